The van der Waals surface area contributed by atoms with Crippen LogP contribution >= 0.6 is 23.2 Å². The van der Waals surface area contributed by atoms with Crippen molar-refractivity contribution in [2.45, 2.75) is 37.4 Å². The van der Waals surface area contributed by atoms with E-state index in [2.05, 4.69) is 25.0 Å². The first-order valence-corrected chi connectivity index (χ1v) is 13.8. The smallest absolute Gasteiger partial charge is 0.383 e. The molecule has 17 heteroatoms. The van der Waals surface area contributed by atoms with Gasteiger partial charge < -0.3 is 14.5 Å². The Bertz CT molecular complexity index is 1580. The monoisotopic (exact) mass is 660 g/mol. The van der Waals surface area contributed by atoms with Gasteiger partial charge in [-0.1, -0.05) is 11.6 Å². The summed E-state index contributed by atoms with van der Waals surface area (Å²) in [5.74, 6) is 0.404. The first kappa shape index (κ1) is 31.7. The largest absolute Gasteiger partial charge is 0.416 e. The fourth-order valence-electron chi connectivity index (χ4n) is 5.13. The maximum absolute atomic E-state index is 13.7. The average Bonchev–Trinajstić information content (AvgIpc) is 3.58. The maximum Gasteiger partial charge on any atom is 0.416 e. The number of alkyl halides is 6. The second kappa shape index (κ2) is 12.4. The first-order chi connectivity index (χ1) is 20.7. The van der Waals surface area contributed by atoms with Gasteiger partial charge in [-0.25, -0.2) is 15.0 Å². The van der Waals surface area contributed by atoms with E-state index in [1.54, 1.807) is 29.0 Å². The van der Waals surface area contributed by atoms with Crippen LogP contribution in [0.3, 0.4) is 0 Å². The number of nitrogens with zero attached hydrogens (tertiary/aromatic N) is 8. The number of halogens is 8. The molecule has 0 spiro atoms. The summed E-state index contributed by atoms with van der Waals surface area (Å²) < 4.78 is 89.1. The highest BCUT2D eigenvalue weighted by molar-refractivity contribution is 6.33. The fourth-order valence-corrected chi connectivity index (χ4v) is 5.45. The molecule has 1 saturated heterocycles. The van der Waals surface area contributed by atoms with E-state index in [-0.39, 0.29) is 53.6 Å². The summed E-state index contributed by atoms with van der Waals surface area (Å²) >= 11 is 12.4. The second-order valence-electron chi connectivity index (χ2n) is 10.2. The Kier molecular flexibility index (Phi) is 8.92. The van der Waals surface area contributed by atoms with Crippen molar-refractivity contribution < 1.29 is 31.1 Å². The summed E-state index contributed by atoms with van der Waals surface area (Å²) in [6.45, 7) is 0.0421. The molecular weight excluding hydrogens is 637 g/mol. The zero-order chi connectivity index (χ0) is 31.8. The lowest BCUT2D eigenvalue weighted by Gasteiger charge is -2.30. The van der Waals surface area contributed by atoms with E-state index in [9.17, 15) is 26.3 Å². The van der Waals surface area contributed by atoms with E-state index in [4.69, 9.17) is 27.9 Å². The topological polar surface area (TPSA) is 85.1 Å². The van der Waals surface area contributed by atoms with Crippen molar-refractivity contribution in [2.75, 3.05) is 30.1 Å². The number of anilines is 2. The molecule has 5 rings (SSSR count). The Morgan fingerprint density at radius 1 is 0.932 bits per heavy atom. The molecule has 2 atom stereocenters. The van der Waals surface area contributed by atoms with Crippen LogP contribution in [0.15, 0.2) is 49.2 Å². The van der Waals surface area contributed by atoms with Crippen LogP contribution < -0.4 is 9.80 Å². The summed E-state index contributed by atoms with van der Waals surface area (Å²) in [6.07, 6.45) is -1.93. The highest BCUT2D eigenvalue weighted by Gasteiger charge is 2.40. The number of methoxy groups -OCH3 is 1. The van der Waals surface area contributed by atoms with Crippen LogP contribution in [-0.2, 0) is 30.7 Å². The first-order valence-electron chi connectivity index (χ1n) is 13.0. The van der Waals surface area contributed by atoms with E-state index < -0.39 is 29.5 Å². The van der Waals surface area contributed by atoms with Gasteiger partial charge in [-0.2, -0.15) is 36.4 Å². The quantitative estimate of drug-likeness (QED) is 0.161. The Balaban J connectivity index is 1.57. The van der Waals surface area contributed by atoms with Gasteiger partial charge in [0.05, 0.1) is 42.2 Å². The molecule has 0 aliphatic carbocycles. The van der Waals surface area contributed by atoms with E-state index >= 15 is 0 Å². The molecule has 0 saturated carbocycles. The maximum atomic E-state index is 13.7. The Morgan fingerprint density at radius 2 is 1.59 bits per heavy atom. The number of ether oxygens (including phenoxy) is 1. The molecule has 0 N–H and O–H groups in total. The van der Waals surface area contributed by atoms with Crippen LogP contribution in [0.5, 0.6) is 0 Å². The lowest BCUT2D eigenvalue weighted by atomic mass is 10.0. The third-order valence-corrected chi connectivity index (χ3v) is 7.54. The minimum absolute atomic E-state index is 0.0566. The van der Waals surface area contributed by atoms with Crippen molar-refractivity contribution in [3.05, 3.63) is 76.2 Å². The Morgan fingerprint density at radius 3 is 2.16 bits per heavy atom. The van der Waals surface area contributed by atoms with Gasteiger partial charge >= 0.3 is 12.4 Å². The highest BCUT2D eigenvalue weighted by atomic mass is 35.5. The normalized spacial score (nSPS) is 17.4. The number of hydrogen-bond acceptors (Lipinski definition) is 8. The molecule has 44 heavy (non-hydrogen) atoms. The molecule has 0 bridgehead atoms. The predicted octanol–water partition coefficient (Wildman–Crippen LogP) is 6.31. The molecule has 0 amide bonds. The standard InChI is InChI=1S/C27H24Cl2F6N8O/c1-41-12-17(9-39-41)16-7-37-25(38-8-16)43(11-15-3-18(26(30,31)32)5-19(4-15)27(33,34)35)20-6-21(14-44-2)42(13-20)23-22(28)10-36-24(29)40-23/h3-5,7-10,12,20-21H,6,11,13-14H2,1-2H3/t20-,21-/m0/s1. The molecule has 4 aromatic rings. The van der Waals surface area contributed by atoms with Crippen LogP contribution in [0.1, 0.15) is 23.1 Å². The van der Waals surface area contributed by atoms with E-state index in [1.165, 1.54) is 25.7 Å². The van der Waals surface area contributed by atoms with Crippen LogP contribution in [0.25, 0.3) is 11.1 Å². The molecular formula is C27H24Cl2F6N8O. The van der Waals surface area contributed by atoms with Gasteiger partial charge in [-0.3, -0.25) is 4.68 Å². The van der Waals surface area contributed by atoms with Crippen LogP contribution in [0, 0.1) is 0 Å². The molecule has 4 heterocycles. The molecule has 0 radical (unpaired) electrons. The van der Waals surface area contributed by atoms with Crippen molar-refractivity contribution in [1.29, 1.82) is 0 Å². The van der Waals surface area contributed by atoms with Crippen molar-refractivity contribution in [3.63, 3.8) is 0 Å². The predicted molar refractivity (Wildman–Crippen MR) is 150 cm³/mol. The Labute approximate surface area is 257 Å². The summed E-state index contributed by atoms with van der Waals surface area (Å²) in [5, 5.41) is 4.27. The average molecular weight is 661 g/mol. The zero-order valence-electron chi connectivity index (χ0n) is 23.1. The van der Waals surface area contributed by atoms with Gasteiger partial charge in [-0.15, -0.1) is 0 Å². The number of rotatable bonds is 8. The van der Waals surface area contributed by atoms with E-state index in [0.717, 1.165) is 5.56 Å². The van der Waals surface area contributed by atoms with Gasteiger partial charge in [0, 0.05) is 57.0 Å². The SMILES string of the molecule is COC[C@@H]1C[C@H](N(Cc2cc(C(F)(F)F)cc(C(F)(F)F)c2)c2ncc(-c3cnn(C)c3)cn2)CN1c1nc(Cl)ncc1Cl. The Hall–Kier alpha value is -3.69. The van der Waals surface area contributed by atoms with E-state index in [0.29, 0.717) is 29.9 Å². The lowest BCUT2D eigenvalue weighted by molar-refractivity contribution is -0.143. The molecule has 9 nitrogen and oxygen atoms in total. The molecule has 1 fully saturated rings. The molecule has 1 aliphatic rings. The number of benzene rings is 1. The molecule has 1 aliphatic heterocycles. The van der Waals surface area contributed by atoms with Gasteiger partial charge in [-0.05, 0) is 41.8 Å². The third kappa shape index (κ3) is 7.00. The van der Waals surface area contributed by atoms with Crippen molar-refractivity contribution in [3.8, 4) is 11.1 Å². The van der Waals surface area contributed by atoms with Gasteiger partial charge in [0.2, 0.25) is 11.2 Å². The highest BCUT2D eigenvalue weighted by Crippen LogP contribution is 2.38. The summed E-state index contributed by atoms with van der Waals surface area (Å²) in [5.41, 5.74) is -1.71. The zero-order valence-corrected chi connectivity index (χ0v) is 24.6. The number of aryl methyl sites for hydroxylation is 1. The van der Waals surface area contributed by atoms with E-state index in [1.807, 2.05) is 4.90 Å². The number of aromatic nitrogens is 6. The van der Waals surface area contributed by atoms with Crippen LogP contribution in [-0.4, -0.2) is 62.1 Å². The minimum atomic E-state index is -5.00. The van der Waals surface area contributed by atoms with Gasteiger partial charge in [0.15, 0.2) is 5.82 Å². The molecule has 1 aromatic carbocycles. The third-order valence-electron chi connectivity index (χ3n) is 7.09. The number of hydrogen-bond donors (Lipinski definition) is 0. The second-order valence-corrected chi connectivity index (χ2v) is 10.9. The van der Waals surface area contributed by atoms with Crippen molar-refractivity contribution in [2.24, 2.45) is 7.05 Å². The van der Waals surface area contributed by atoms with Crippen molar-refractivity contribution in [1.82, 2.24) is 29.7 Å². The molecule has 0 unspecified atom stereocenters. The lowest BCUT2D eigenvalue weighted by Crippen LogP contribution is -2.39. The fraction of sp³-hybridized carbons (Fsp3) is 0.370. The van der Waals surface area contributed by atoms with Crippen molar-refractivity contribution >= 4 is 35.0 Å². The molecule has 3 aromatic heterocycles. The van der Waals surface area contributed by atoms with Gasteiger partial charge in [0.25, 0.3) is 0 Å². The van der Waals surface area contributed by atoms with Gasteiger partial charge in [0.1, 0.15) is 5.02 Å². The van der Waals surface area contributed by atoms with Crippen LogP contribution in [0.4, 0.5) is 38.1 Å². The van der Waals surface area contributed by atoms with Crippen LogP contribution in [0.2, 0.25) is 10.3 Å². The molecule has 234 valence electrons. The summed E-state index contributed by atoms with van der Waals surface area (Å²) in [4.78, 5) is 20.4. The minimum Gasteiger partial charge on any atom is -0.383 e. The summed E-state index contributed by atoms with van der Waals surface area (Å²) in [6, 6.07) is 0.644. The summed E-state index contributed by atoms with van der Waals surface area (Å²) in [7, 11) is 3.24.